The highest BCUT2D eigenvalue weighted by molar-refractivity contribution is 7.17. The molecule has 8 nitrogen and oxygen atoms in total. The summed E-state index contributed by atoms with van der Waals surface area (Å²) in [6.45, 7) is 0.878. The number of halogens is 1. The number of rotatable bonds is 12. The van der Waals surface area contributed by atoms with E-state index in [0.717, 1.165) is 11.4 Å². The van der Waals surface area contributed by atoms with Crippen molar-refractivity contribution in [3.8, 4) is 0 Å². The number of benzene rings is 1. The van der Waals surface area contributed by atoms with Crippen LogP contribution >= 0.6 is 22.9 Å². The van der Waals surface area contributed by atoms with Crippen LogP contribution in [-0.2, 0) is 9.53 Å². The Labute approximate surface area is 171 Å². The van der Waals surface area contributed by atoms with E-state index in [-0.39, 0.29) is 25.6 Å². The largest absolute Gasteiger partial charge is 0.480 e. The predicted molar refractivity (Wildman–Crippen MR) is 110 cm³/mol. The quantitative estimate of drug-likeness (QED) is 0.329. The summed E-state index contributed by atoms with van der Waals surface area (Å²) in [6.07, 6.45) is -0.747. The average molecular weight is 428 g/mol. The van der Waals surface area contributed by atoms with Crippen LogP contribution < -0.4 is 16.0 Å². The van der Waals surface area contributed by atoms with Crippen molar-refractivity contribution in [1.29, 1.82) is 0 Å². The molecule has 1 unspecified atom stereocenters. The zero-order chi connectivity index (χ0) is 20.4. The van der Waals surface area contributed by atoms with E-state index < -0.39 is 12.1 Å². The third-order valence-electron chi connectivity index (χ3n) is 3.52. The maximum absolute atomic E-state index is 11.9. The summed E-state index contributed by atoms with van der Waals surface area (Å²) in [7, 11) is 0. The number of thiophene rings is 1. The van der Waals surface area contributed by atoms with Crippen molar-refractivity contribution in [3.63, 3.8) is 0 Å². The Balaban J connectivity index is 1.63. The van der Waals surface area contributed by atoms with Gasteiger partial charge in [0.15, 0.2) is 0 Å². The molecular formula is C18H22ClN3O5S. The molecule has 1 heterocycles. The first kappa shape index (κ1) is 22.0. The summed E-state index contributed by atoms with van der Waals surface area (Å²) in [5.41, 5.74) is 1.69. The number of hydrogen-bond donors (Lipinski definition) is 5. The normalized spacial score (nSPS) is 11.6. The number of anilines is 2. The molecule has 0 saturated heterocycles. The average Bonchev–Trinajstić information content (AvgIpc) is 3.11. The molecular weight excluding hydrogens is 406 g/mol. The van der Waals surface area contributed by atoms with E-state index in [2.05, 4.69) is 16.0 Å². The highest BCUT2D eigenvalue weighted by Gasteiger charge is 2.11. The molecule has 1 atom stereocenters. The first-order chi connectivity index (χ1) is 13.4. The fraction of sp³-hybridized carbons (Fsp3) is 0.333. The molecule has 0 fully saturated rings. The summed E-state index contributed by atoms with van der Waals surface area (Å²) in [5.74, 6) is -1.26. The minimum atomic E-state index is -0.993. The molecule has 0 spiro atoms. The second kappa shape index (κ2) is 11.5. The monoisotopic (exact) mass is 427 g/mol. The first-order valence-electron chi connectivity index (χ1n) is 8.53. The number of aliphatic hydroxyl groups is 1. The van der Waals surface area contributed by atoms with Gasteiger partial charge < -0.3 is 30.9 Å². The number of hydrogen-bond acceptors (Lipinski definition) is 7. The Kier molecular flexibility index (Phi) is 9.02. The molecule has 0 aliphatic carbocycles. The van der Waals surface area contributed by atoms with Crippen molar-refractivity contribution in [1.82, 2.24) is 5.32 Å². The lowest BCUT2D eigenvalue weighted by molar-refractivity contribution is -0.142. The maximum Gasteiger partial charge on any atom is 0.329 e. The Morgan fingerprint density at radius 3 is 2.36 bits per heavy atom. The molecule has 5 N–H and O–H groups in total. The molecule has 2 rings (SSSR count). The van der Waals surface area contributed by atoms with E-state index in [4.69, 9.17) is 21.4 Å². The van der Waals surface area contributed by atoms with Crippen molar-refractivity contribution in [3.05, 3.63) is 45.6 Å². The lowest BCUT2D eigenvalue weighted by Gasteiger charge is -2.14. The van der Waals surface area contributed by atoms with E-state index in [1.807, 2.05) is 24.3 Å². The van der Waals surface area contributed by atoms with Gasteiger partial charge >= 0.3 is 5.97 Å². The molecule has 152 valence electrons. The summed E-state index contributed by atoms with van der Waals surface area (Å²) in [6, 6.07) is 10.7. The number of amides is 1. The van der Waals surface area contributed by atoms with Crippen molar-refractivity contribution < 1.29 is 24.5 Å². The standard InChI is InChI=1S/C18H22ClN3O5S/c19-16-6-5-15(28-16)18(26)22-10-14(23)9-21-13-3-1-12(2-4-13)20-7-8-27-11-17(24)25/h1-6,14,20-21,23H,7-11H2,(H,22,26)(H,24,25). The molecule has 10 heteroatoms. The van der Waals surface area contributed by atoms with Crippen molar-refractivity contribution in [2.45, 2.75) is 6.10 Å². The Morgan fingerprint density at radius 1 is 1.07 bits per heavy atom. The van der Waals surface area contributed by atoms with Crippen LogP contribution in [0.15, 0.2) is 36.4 Å². The summed E-state index contributed by atoms with van der Waals surface area (Å²) < 4.78 is 5.48. The first-order valence-corrected chi connectivity index (χ1v) is 9.72. The number of aliphatic carboxylic acids is 1. The number of carboxylic acids is 1. The van der Waals surface area contributed by atoms with E-state index in [0.29, 0.717) is 22.4 Å². The SMILES string of the molecule is O=C(O)COCCNc1ccc(NCC(O)CNC(=O)c2ccc(Cl)s2)cc1. The smallest absolute Gasteiger partial charge is 0.329 e. The van der Waals surface area contributed by atoms with Crippen LogP contribution in [0.2, 0.25) is 4.34 Å². The topological polar surface area (TPSA) is 120 Å². The van der Waals surface area contributed by atoms with Crippen molar-refractivity contribution in [2.24, 2.45) is 0 Å². The minimum absolute atomic E-state index is 0.122. The molecule has 1 aromatic carbocycles. The highest BCUT2D eigenvalue weighted by atomic mass is 35.5. The lowest BCUT2D eigenvalue weighted by Crippen LogP contribution is -2.35. The van der Waals surface area contributed by atoms with Gasteiger partial charge in [-0.05, 0) is 36.4 Å². The highest BCUT2D eigenvalue weighted by Crippen LogP contribution is 2.21. The fourth-order valence-corrected chi connectivity index (χ4v) is 3.13. The molecule has 0 bridgehead atoms. The van der Waals surface area contributed by atoms with Gasteiger partial charge in [-0.3, -0.25) is 4.79 Å². The van der Waals surface area contributed by atoms with Gasteiger partial charge in [0.05, 0.1) is 21.9 Å². The van der Waals surface area contributed by atoms with Crippen LogP contribution in [0.3, 0.4) is 0 Å². The number of carbonyl (C=O) groups excluding carboxylic acids is 1. The molecule has 2 aromatic rings. The van der Waals surface area contributed by atoms with E-state index in [9.17, 15) is 14.7 Å². The Bertz CT molecular complexity index is 769. The Hall–Kier alpha value is -2.33. The van der Waals surface area contributed by atoms with Crippen LogP contribution in [0.1, 0.15) is 9.67 Å². The third-order valence-corrected chi connectivity index (χ3v) is 4.75. The molecule has 0 saturated carbocycles. The number of carboxylic acid groups (broad SMARTS) is 1. The Morgan fingerprint density at radius 2 is 1.75 bits per heavy atom. The van der Waals surface area contributed by atoms with Crippen LogP contribution in [0, 0.1) is 0 Å². The van der Waals surface area contributed by atoms with E-state index in [1.54, 1.807) is 12.1 Å². The summed E-state index contributed by atoms with van der Waals surface area (Å²) in [5, 5.41) is 27.3. The van der Waals surface area contributed by atoms with Gasteiger partial charge in [0.25, 0.3) is 5.91 Å². The second-order valence-electron chi connectivity index (χ2n) is 5.80. The zero-order valence-electron chi connectivity index (χ0n) is 15.0. The van der Waals surface area contributed by atoms with Crippen LogP contribution in [0.25, 0.3) is 0 Å². The predicted octanol–water partition coefficient (Wildman–Crippen LogP) is 2.12. The molecule has 0 aliphatic rings. The maximum atomic E-state index is 11.9. The number of ether oxygens (including phenoxy) is 1. The van der Waals surface area contributed by atoms with Crippen molar-refractivity contribution in [2.75, 3.05) is 43.5 Å². The lowest BCUT2D eigenvalue weighted by atomic mass is 10.2. The van der Waals surface area contributed by atoms with E-state index in [1.165, 1.54) is 11.3 Å². The summed E-state index contributed by atoms with van der Waals surface area (Å²) in [4.78, 5) is 22.7. The van der Waals surface area contributed by atoms with Gasteiger partial charge in [-0.15, -0.1) is 11.3 Å². The summed E-state index contributed by atoms with van der Waals surface area (Å²) >= 11 is 6.98. The number of aliphatic hydroxyl groups excluding tert-OH is 1. The van der Waals surface area contributed by atoms with Gasteiger partial charge in [0.2, 0.25) is 0 Å². The third kappa shape index (κ3) is 8.13. The van der Waals surface area contributed by atoms with Crippen LogP contribution in [0.5, 0.6) is 0 Å². The number of nitrogens with one attached hydrogen (secondary N) is 3. The molecule has 0 radical (unpaired) electrons. The molecule has 28 heavy (non-hydrogen) atoms. The van der Waals surface area contributed by atoms with Gasteiger partial charge in [0.1, 0.15) is 6.61 Å². The van der Waals surface area contributed by atoms with Crippen molar-refractivity contribution >= 4 is 46.2 Å². The van der Waals surface area contributed by atoms with Gasteiger partial charge in [0, 0.05) is 31.0 Å². The van der Waals surface area contributed by atoms with Gasteiger partial charge in [-0.25, -0.2) is 4.79 Å². The molecule has 0 aliphatic heterocycles. The van der Waals surface area contributed by atoms with Crippen LogP contribution in [-0.4, -0.2) is 61.0 Å². The second-order valence-corrected chi connectivity index (χ2v) is 7.51. The van der Waals surface area contributed by atoms with Gasteiger partial charge in [-0.1, -0.05) is 11.6 Å². The van der Waals surface area contributed by atoms with Crippen LogP contribution in [0.4, 0.5) is 11.4 Å². The zero-order valence-corrected chi connectivity index (χ0v) is 16.6. The molecule has 1 aromatic heterocycles. The van der Waals surface area contributed by atoms with E-state index >= 15 is 0 Å². The number of carbonyl (C=O) groups is 2. The molecule has 1 amide bonds. The minimum Gasteiger partial charge on any atom is -0.480 e. The van der Waals surface area contributed by atoms with Gasteiger partial charge in [-0.2, -0.15) is 0 Å². The fourth-order valence-electron chi connectivity index (χ4n) is 2.17.